The van der Waals surface area contributed by atoms with Gasteiger partial charge in [-0.3, -0.25) is 19.5 Å². The van der Waals surface area contributed by atoms with E-state index in [-0.39, 0.29) is 23.8 Å². The van der Waals surface area contributed by atoms with E-state index in [1.54, 1.807) is 12.3 Å². The number of carbonyl (C=O) groups excluding carboxylic acids is 2. The summed E-state index contributed by atoms with van der Waals surface area (Å²) < 4.78 is 0. The first-order chi connectivity index (χ1) is 16.0. The average molecular weight is 469 g/mol. The van der Waals surface area contributed by atoms with E-state index < -0.39 is 0 Å². The number of nitrogens with zero attached hydrogens (tertiary/aromatic N) is 2. The van der Waals surface area contributed by atoms with E-state index in [1.807, 2.05) is 18.2 Å². The number of pyridine rings is 1. The highest BCUT2D eigenvalue weighted by Gasteiger charge is 2.29. The van der Waals surface area contributed by atoms with Crippen molar-refractivity contribution in [3.8, 4) is 0 Å². The Morgan fingerprint density at radius 2 is 1.85 bits per heavy atom. The number of likely N-dealkylation sites (tertiary alicyclic amines) is 1. The molecule has 6 nitrogen and oxygen atoms in total. The van der Waals surface area contributed by atoms with Crippen molar-refractivity contribution in [2.24, 2.45) is 5.92 Å². The number of hydrogen-bond acceptors (Lipinski definition) is 4. The predicted octanol–water partition coefficient (Wildman–Crippen LogP) is 5.21. The highest BCUT2D eigenvalue weighted by atomic mass is 35.5. The van der Waals surface area contributed by atoms with Gasteiger partial charge in [0.1, 0.15) is 0 Å². The summed E-state index contributed by atoms with van der Waals surface area (Å²) in [4.78, 5) is 31.7. The Hall–Kier alpha value is -2.44. The fraction of sp³-hybridized carbons (Fsp3) is 0.500. The second kappa shape index (κ2) is 11.1. The Morgan fingerprint density at radius 3 is 2.58 bits per heavy atom. The molecule has 1 aromatic carbocycles. The highest BCUT2D eigenvalue weighted by molar-refractivity contribution is 6.34. The van der Waals surface area contributed by atoms with Gasteiger partial charge in [-0.25, -0.2) is 0 Å². The summed E-state index contributed by atoms with van der Waals surface area (Å²) in [6.45, 7) is 3.98. The lowest BCUT2D eigenvalue weighted by atomic mass is 9.91. The molecule has 7 heteroatoms. The quantitative estimate of drug-likeness (QED) is 0.610. The van der Waals surface area contributed by atoms with E-state index in [2.05, 4.69) is 33.5 Å². The van der Waals surface area contributed by atoms with Crippen LogP contribution in [0.15, 0.2) is 42.7 Å². The lowest BCUT2D eigenvalue weighted by Gasteiger charge is -2.36. The van der Waals surface area contributed by atoms with E-state index >= 15 is 0 Å². The lowest BCUT2D eigenvalue weighted by molar-refractivity contribution is -0.127. The first kappa shape index (κ1) is 23.7. The van der Waals surface area contributed by atoms with Crippen LogP contribution in [0, 0.1) is 5.92 Å². The summed E-state index contributed by atoms with van der Waals surface area (Å²) in [6.07, 6.45) is 10.8. The fourth-order valence-electron chi connectivity index (χ4n) is 4.96. The molecule has 0 spiro atoms. The molecule has 1 atom stereocenters. The number of carbonyl (C=O) groups is 2. The van der Waals surface area contributed by atoms with Gasteiger partial charge >= 0.3 is 0 Å². The maximum absolute atomic E-state index is 12.7. The molecular formula is C26H33ClN4O2. The van der Waals surface area contributed by atoms with Crippen molar-refractivity contribution in [3.63, 3.8) is 0 Å². The van der Waals surface area contributed by atoms with Crippen LogP contribution >= 0.6 is 11.6 Å². The first-order valence-electron chi connectivity index (χ1n) is 12.1. The molecular weight excluding hydrogens is 436 g/mol. The van der Waals surface area contributed by atoms with Crippen molar-refractivity contribution in [1.29, 1.82) is 0 Å². The second-order valence-corrected chi connectivity index (χ2v) is 9.67. The predicted molar refractivity (Wildman–Crippen MR) is 131 cm³/mol. The zero-order valence-corrected chi connectivity index (χ0v) is 20.0. The highest BCUT2D eigenvalue weighted by Crippen LogP contribution is 2.29. The molecule has 0 bridgehead atoms. The summed E-state index contributed by atoms with van der Waals surface area (Å²) in [7, 11) is 0. The normalized spacial score (nSPS) is 19.1. The van der Waals surface area contributed by atoms with E-state index in [0.29, 0.717) is 16.6 Å². The Balaban J connectivity index is 1.31. The molecule has 1 aromatic heterocycles. The number of hydrogen-bond donors (Lipinski definition) is 2. The van der Waals surface area contributed by atoms with Crippen LogP contribution in [0.2, 0.25) is 5.02 Å². The summed E-state index contributed by atoms with van der Waals surface area (Å²) in [5.74, 6) is 0.108. The number of aromatic nitrogens is 1. The van der Waals surface area contributed by atoms with Gasteiger partial charge in [0.05, 0.1) is 10.6 Å². The fourth-order valence-corrected chi connectivity index (χ4v) is 5.16. The number of benzene rings is 1. The summed E-state index contributed by atoms with van der Waals surface area (Å²) in [5.41, 5.74) is 2.27. The molecule has 2 fully saturated rings. The van der Waals surface area contributed by atoms with Gasteiger partial charge in [0.25, 0.3) is 5.91 Å². The maximum atomic E-state index is 12.7. The van der Waals surface area contributed by atoms with Gasteiger partial charge < -0.3 is 10.6 Å². The van der Waals surface area contributed by atoms with Crippen LogP contribution in [0.25, 0.3) is 0 Å². The molecule has 2 N–H and O–H groups in total. The zero-order chi connectivity index (χ0) is 23.2. The zero-order valence-electron chi connectivity index (χ0n) is 19.2. The number of nitrogens with one attached hydrogen (secondary N) is 2. The smallest absolute Gasteiger partial charge is 0.257 e. The van der Waals surface area contributed by atoms with Crippen LogP contribution in [0.1, 0.15) is 73.8 Å². The van der Waals surface area contributed by atoms with Gasteiger partial charge in [0, 0.05) is 36.1 Å². The van der Waals surface area contributed by atoms with Crippen LogP contribution in [0.3, 0.4) is 0 Å². The molecule has 1 saturated carbocycles. The van der Waals surface area contributed by atoms with Crippen LogP contribution in [0.4, 0.5) is 5.69 Å². The Morgan fingerprint density at radius 1 is 1.09 bits per heavy atom. The number of halogens is 1. The minimum Gasteiger partial charge on any atom is -0.353 e. The van der Waals surface area contributed by atoms with E-state index in [1.165, 1.54) is 25.5 Å². The van der Waals surface area contributed by atoms with Crippen LogP contribution < -0.4 is 10.6 Å². The third-order valence-electron chi connectivity index (χ3n) is 7.04. The Bertz CT molecular complexity index is 968. The summed E-state index contributed by atoms with van der Waals surface area (Å²) >= 11 is 6.10. The summed E-state index contributed by atoms with van der Waals surface area (Å²) in [5, 5.41) is 6.56. The molecule has 2 aromatic rings. The van der Waals surface area contributed by atoms with Crippen molar-refractivity contribution in [2.75, 3.05) is 18.4 Å². The van der Waals surface area contributed by atoms with E-state index in [9.17, 15) is 9.59 Å². The first-order valence-corrected chi connectivity index (χ1v) is 12.4. The van der Waals surface area contributed by atoms with Crippen LogP contribution in [0.5, 0.6) is 0 Å². The number of amides is 2. The molecule has 2 heterocycles. The van der Waals surface area contributed by atoms with Gasteiger partial charge in [-0.1, -0.05) is 43.0 Å². The molecule has 2 aliphatic rings. The molecule has 4 rings (SSSR count). The minimum atomic E-state index is -0.253. The number of rotatable bonds is 6. The van der Waals surface area contributed by atoms with E-state index in [0.717, 1.165) is 50.0 Å². The van der Waals surface area contributed by atoms with Crippen molar-refractivity contribution in [2.45, 2.75) is 64.0 Å². The Kier molecular flexibility index (Phi) is 7.99. The third kappa shape index (κ3) is 6.12. The minimum absolute atomic E-state index is 0.117. The van der Waals surface area contributed by atoms with Gasteiger partial charge in [-0.05, 0) is 69.5 Å². The SMILES string of the molecule is CC(c1cccc(NC(=O)c2ccncc2Cl)c1)N1CCC(C(=O)NC2CCCCC2)CC1. The monoisotopic (exact) mass is 468 g/mol. The van der Waals surface area contributed by atoms with Crippen molar-refractivity contribution < 1.29 is 9.59 Å². The molecule has 0 radical (unpaired) electrons. The van der Waals surface area contributed by atoms with Crippen LogP contribution in [-0.2, 0) is 4.79 Å². The standard InChI is InChI=1S/C26H33ClN4O2/c1-18(31-14-11-19(12-15-31)25(32)29-21-7-3-2-4-8-21)20-6-5-9-22(16-20)30-26(33)23-10-13-28-17-24(23)27/h5-6,9-10,13,16-19,21H,2-4,7-8,11-12,14-15H2,1H3,(H,29,32)(H,30,33). The molecule has 1 aliphatic heterocycles. The lowest BCUT2D eigenvalue weighted by Crippen LogP contribution is -2.44. The molecule has 176 valence electrons. The maximum Gasteiger partial charge on any atom is 0.257 e. The average Bonchev–Trinajstić information content (AvgIpc) is 2.84. The van der Waals surface area contributed by atoms with Gasteiger partial charge in [0.2, 0.25) is 5.91 Å². The summed E-state index contributed by atoms with van der Waals surface area (Å²) in [6, 6.07) is 10.1. The third-order valence-corrected chi connectivity index (χ3v) is 7.34. The Labute approximate surface area is 201 Å². The van der Waals surface area contributed by atoms with Gasteiger partial charge in [-0.2, -0.15) is 0 Å². The number of piperidine rings is 1. The van der Waals surface area contributed by atoms with Crippen molar-refractivity contribution in [3.05, 3.63) is 58.9 Å². The van der Waals surface area contributed by atoms with Crippen molar-refractivity contribution >= 4 is 29.1 Å². The van der Waals surface area contributed by atoms with Crippen LogP contribution in [-0.4, -0.2) is 40.8 Å². The topological polar surface area (TPSA) is 74.3 Å². The second-order valence-electron chi connectivity index (χ2n) is 9.26. The largest absolute Gasteiger partial charge is 0.353 e. The van der Waals surface area contributed by atoms with E-state index in [4.69, 9.17) is 11.6 Å². The van der Waals surface area contributed by atoms with Gasteiger partial charge in [-0.15, -0.1) is 0 Å². The molecule has 2 amide bonds. The molecule has 1 aliphatic carbocycles. The van der Waals surface area contributed by atoms with Gasteiger partial charge in [0.15, 0.2) is 0 Å². The molecule has 1 unspecified atom stereocenters. The molecule has 33 heavy (non-hydrogen) atoms. The van der Waals surface area contributed by atoms with Crippen molar-refractivity contribution in [1.82, 2.24) is 15.2 Å². The number of anilines is 1. The molecule has 1 saturated heterocycles.